The number of nitrogens with zero attached hydrogens (tertiary/aromatic N) is 5. The van der Waals surface area contributed by atoms with E-state index in [9.17, 15) is 14.4 Å². The van der Waals surface area contributed by atoms with Crippen LogP contribution in [0.25, 0.3) is 5.69 Å². The Balaban J connectivity index is 1.26. The average Bonchev–Trinajstić information content (AvgIpc) is 3.12. The summed E-state index contributed by atoms with van der Waals surface area (Å²) in [5, 5.41) is 2.69. The lowest BCUT2D eigenvalue weighted by atomic mass is 10.1. The number of benzene rings is 1. The fourth-order valence-electron chi connectivity index (χ4n) is 5.11. The molecule has 0 radical (unpaired) electrons. The summed E-state index contributed by atoms with van der Waals surface area (Å²) >= 11 is 0. The Morgan fingerprint density at radius 3 is 2.36 bits per heavy atom. The molecule has 3 heterocycles. The topological polar surface area (TPSA) is 143 Å². The van der Waals surface area contributed by atoms with E-state index in [0.29, 0.717) is 32.2 Å². The first-order chi connectivity index (χ1) is 18.6. The van der Waals surface area contributed by atoms with Crippen LogP contribution in [0.15, 0.2) is 41.3 Å². The van der Waals surface area contributed by atoms with E-state index in [-0.39, 0.29) is 17.8 Å². The van der Waals surface area contributed by atoms with Crippen molar-refractivity contribution in [3.63, 3.8) is 0 Å². The van der Waals surface area contributed by atoms with Gasteiger partial charge in [0.15, 0.2) is 0 Å². The second-order valence-corrected chi connectivity index (χ2v) is 11.2. The number of carbonyl (C=O) groups excluding carboxylic acids is 2. The molecule has 1 aromatic heterocycles. The van der Waals surface area contributed by atoms with Crippen molar-refractivity contribution in [3.05, 3.63) is 52.6 Å². The largest absolute Gasteiger partial charge is 0.354 e. The van der Waals surface area contributed by atoms with Gasteiger partial charge in [0.2, 0.25) is 5.91 Å². The highest BCUT2D eigenvalue weighted by Gasteiger charge is 2.31. The highest BCUT2D eigenvalue weighted by molar-refractivity contribution is 5.89. The minimum Gasteiger partial charge on any atom is -0.338 e. The van der Waals surface area contributed by atoms with Gasteiger partial charge >= 0.3 is 11.7 Å². The summed E-state index contributed by atoms with van der Waals surface area (Å²) in [4.78, 5) is 47.6. The standard InChI is InChI=1S/C28H42N8O3/c1-28(2,30)25(37)34-17-19-35(20-18-34)26(38)31-24-12-16-36(27(39)32-24)23-9-7-21(8-10-23)5-3-13-33-14-4-6-22(29)11-15-33/h7-10,12,16,22H,3-6,11,13-15,17-20,29-30H2,1-2H3,(H,31,32,38,39). The number of aromatic nitrogens is 2. The molecule has 2 aliphatic heterocycles. The number of likely N-dealkylation sites (tertiary alicyclic amines) is 1. The zero-order valence-corrected chi connectivity index (χ0v) is 23.1. The van der Waals surface area contributed by atoms with E-state index in [1.807, 2.05) is 24.3 Å². The Bertz CT molecular complexity index is 1180. The molecule has 0 bridgehead atoms. The molecule has 1 unspecified atom stereocenters. The first kappa shape index (κ1) is 28.7. The maximum Gasteiger partial charge on any atom is 0.354 e. The van der Waals surface area contributed by atoms with E-state index in [1.54, 1.807) is 35.9 Å². The van der Waals surface area contributed by atoms with Crippen LogP contribution in [0.4, 0.5) is 10.6 Å². The quantitative estimate of drug-likeness (QED) is 0.483. The van der Waals surface area contributed by atoms with Gasteiger partial charge in [0.25, 0.3) is 0 Å². The number of carbonyl (C=O) groups is 2. The Morgan fingerprint density at radius 2 is 1.69 bits per heavy atom. The lowest BCUT2D eigenvalue weighted by molar-refractivity contribution is -0.137. The SMILES string of the molecule is CC(C)(N)C(=O)N1CCN(C(=O)Nc2ccn(-c3ccc(CCCN4CCCC(N)CC4)cc3)c(=O)n2)CC1. The van der Waals surface area contributed by atoms with Crippen molar-refractivity contribution in [2.45, 2.75) is 57.5 Å². The van der Waals surface area contributed by atoms with E-state index in [4.69, 9.17) is 11.5 Å². The zero-order valence-electron chi connectivity index (χ0n) is 23.1. The molecule has 11 heteroatoms. The molecule has 0 spiro atoms. The molecule has 0 saturated carbocycles. The summed E-state index contributed by atoms with van der Waals surface area (Å²) in [5.41, 5.74) is 12.5. The monoisotopic (exact) mass is 538 g/mol. The molecule has 2 aliphatic rings. The first-order valence-corrected chi connectivity index (χ1v) is 13.9. The normalized spacial score (nSPS) is 19.0. The van der Waals surface area contributed by atoms with Crippen LogP contribution >= 0.6 is 0 Å². The van der Waals surface area contributed by atoms with Crippen molar-refractivity contribution in [1.29, 1.82) is 0 Å². The number of aryl methyl sites for hydroxylation is 1. The second kappa shape index (κ2) is 12.7. The number of nitrogens with two attached hydrogens (primary N) is 2. The van der Waals surface area contributed by atoms with Gasteiger partial charge in [-0.1, -0.05) is 12.1 Å². The van der Waals surface area contributed by atoms with Gasteiger partial charge in [-0.3, -0.25) is 14.7 Å². The smallest absolute Gasteiger partial charge is 0.338 e. The molecule has 1 aromatic carbocycles. The van der Waals surface area contributed by atoms with E-state index in [0.717, 1.165) is 51.0 Å². The van der Waals surface area contributed by atoms with Crippen molar-refractivity contribution in [3.8, 4) is 5.69 Å². The van der Waals surface area contributed by atoms with Crippen LogP contribution < -0.4 is 22.5 Å². The van der Waals surface area contributed by atoms with Crippen LogP contribution in [0.1, 0.15) is 45.1 Å². The molecule has 39 heavy (non-hydrogen) atoms. The molecule has 212 valence electrons. The number of amides is 3. The molecule has 5 N–H and O–H groups in total. The van der Waals surface area contributed by atoms with Crippen LogP contribution in [0, 0.1) is 0 Å². The first-order valence-electron chi connectivity index (χ1n) is 13.9. The third-order valence-corrected chi connectivity index (χ3v) is 7.46. The maximum absolute atomic E-state index is 12.7. The summed E-state index contributed by atoms with van der Waals surface area (Å²) < 4.78 is 1.46. The molecule has 2 aromatic rings. The molecule has 11 nitrogen and oxygen atoms in total. The Kier molecular flexibility index (Phi) is 9.36. The fraction of sp³-hybridized carbons (Fsp3) is 0.571. The van der Waals surface area contributed by atoms with Gasteiger partial charge in [0, 0.05) is 38.4 Å². The minimum absolute atomic E-state index is 0.140. The van der Waals surface area contributed by atoms with Gasteiger partial charge in [-0.15, -0.1) is 0 Å². The van der Waals surface area contributed by atoms with Gasteiger partial charge in [-0.05, 0) is 89.3 Å². The highest BCUT2D eigenvalue weighted by Crippen LogP contribution is 2.14. The van der Waals surface area contributed by atoms with E-state index >= 15 is 0 Å². The lowest BCUT2D eigenvalue weighted by Crippen LogP contribution is -2.58. The Hall–Kier alpha value is -3.28. The summed E-state index contributed by atoms with van der Waals surface area (Å²) in [6.45, 7) is 8.20. The van der Waals surface area contributed by atoms with Gasteiger partial charge in [0.1, 0.15) is 5.82 Å². The van der Waals surface area contributed by atoms with E-state index in [2.05, 4.69) is 15.2 Å². The third-order valence-electron chi connectivity index (χ3n) is 7.46. The number of piperazine rings is 1. The van der Waals surface area contributed by atoms with Crippen molar-refractivity contribution < 1.29 is 9.59 Å². The Morgan fingerprint density at radius 1 is 1.00 bits per heavy atom. The van der Waals surface area contributed by atoms with E-state index in [1.165, 1.54) is 16.6 Å². The summed E-state index contributed by atoms with van der Waals surface area (Å²) in [6, 6.07) is 9.53. The Labute approximate surface area is 230 Å². The molecular formula is C28H42N8O3. The van der Waals surface area contributed by atoms with Crippen molar-refractivity contribution in [1.82, 2.24) is 24.3 Å². The van der Waals surface area contributed by atoms with Crippen LogP contribution in [0.5, 0.6) is 0 Å². The van der Waals surface area contributed by atoms with Gasteiger partial charge in [0.05, 0.1) is 11.2 Å². The average molecular weight is 539 g/mol. The molecule has 2 fully saturated rings. The lowest BCUT2D eigenvalue weighted by Gasteiger charge is -2.37. The van der Waals surface area contributed by atoms with Crippen LogP contribution in [-0.2, 0) is 11.2 Å². The molecule has 2 saturated heterocycles. The van der Waals surface area contributed by atoms with Crippen LogP contribution in [0.3, 0.4) is 0 Å². The molecule has 4 rings (SSSR count). The molecule has 3 amide bonds. The van der Waals surface area contributed by atoms with Crippen LogP contribution in [0.2, 0.25) is 0 Å². The zero-order chi connectivity index (χ0) is 28.0. The minimum atomic E-state index is -0.944. The van der Waals surface area contributed by atoms with Crippen molar-refractivity contribution in [2.75, 3.05) is 51.1 Å². The predicted octanol–water partition coefficient (Wildman–Crippen LogP) is 1.39. The fourth-order valence-corrected chi connectivity index (χ4v) is 5.11. The summed E-state index contributed by atoms with van der Waals surface area (Å²) in [7, 11) is 0. The molecular weight excluding hydrogens is 496 g/mol. The predicted molar refractivity (Wildman–Crippen MR) is 152 cm³/mol. The number of rotatable bonds is 7. The van der Waals surface area contributed by atoms with Gasteiger partial charge in [-0.2, -0.15) is 4.98 Å². The second-order valence-electron chi connectivity index (χ2n) is 11.2. The maximum atomic E-state index is 12.7. The molecule has 1 atom stereocenters. The highest BCUT2D eigenvalue weighted by atomic mass is 16.2. The third kappa shape index (κ3) is 7.87. The van der Waals surface area contributed by atoms with Gasteiger partial charge < -0.3 is 26.2 Å². The summed E-state index contributed by atoms with van der Waals surface area (Å²) in [6.07, 6.45) is 7.05. The number of anilines is 1. The van der Waals surface area contributed by atoms with Crippen LogP contribution in [-0.4, -0.2) is 93.6 Å². The van der Waals surface area contributed by atoms with Crippen molar-refractivity contribution >= 4 is 17.8 Å². The number of hydrogen-bond acceptors (Lipinski definition) is 7. The number of urea groups is 1. The number of nitrogens with one attached hydrogen (secondary N) is 1. The number of hydrogen-bond donors (Lipinski definition) is 3. The van der Waals surface area contributed by atoms with Crippen molar-refractivity contribution in [2.24, 2.45) is 11.5 Å². The van der Waals surface area contributed by atoms with Gasteiger partial charge in [-0.25, -0.2) is 9.59 Å². The molecule has 0 aliphatic carbocycles. The van der Waals surface area contributed by atoms with E-state index < -0.39 is 11.2 Å². The summed E-state index contributed by atoms with van der Waals surface area (Å²) in [5.74, 6) is 0.0493.